The molecule has 21 heavy (non-hydrogen) atoms. The highest BCUT2D eigenvalue weighted by atomic mass is 35.5. The Kier molecular flexibility index (Phi) is 4.33. The summed E-state index contributed by atoms with van der Waals surface area (Å²) >= 11 is 5.54. The summed E-state index contributed by atoms with van der Waals surface area (Å²) in [7, 11) is 0. The summed E-state index contributed by atoms with van der Waals surface area (Å²) in [6.07, 6.45) is 0. The highest BCUT2D eigenvalue weighted by Crippen LogP contribution is 2.33. The molecule has 1 unspecified atom stereocenters. The van der Waals surface area contributed by atoms with Crippen LogP contribution in [0.4, 0.5) is 0 Å². The van der Waals surface area contributed by atoms with Crippen molar-refractivity contribution in [3.8, 4) is 23.3 Å². The van der Waals surface area contributed by atoms with E-state index in [2.05, 4.69) is 17.9 Å². The molecule has 2 aromatic rings. The summed E-state index contributed by atoms with van der Waals surface area (Å²) in [5.74, 6) is 8.25. The van der Waals surface area contributed by atoms with Crippen LogP contribution in [-0.2, 0) is 0 Å². The van der Waals surface area contributed by atoms with Crippen LogP contribution in [0.25, 0.3) is 0 Å². The molecule has 2 aromatic carbocycles. The first-order valence-corrected chi connectivity index (χ1v) is 7.39. The predicted octanol–water partition coefficient (Wildman–Crippen LogP) is 3.83. The van der Waals surface area contributed by atoms with Crippen molar-refractivity contribution in [1.82, 2.24) is 0 Å². The molecule has 0 bridgehead atoms. The zero-order valence-electron chi connectivity index (χ0n) is 11.5. The molecular formula is C18H15ClO2. The third-order valence-corrected chi connectivity index (χ3v) is 3.54. The predicted molar refractivity (Wildman–Crippen MR) is 84.2 cm³/mol. The summed E-state index contributed by atoms with van der Waals surface area (Å²) in [5, 5.41) is 0. The number of rotatable bonds is 3. The second-order valence-corrected chi connectivity index (χ2v) is 5.08. The molecule has 0 amide bonds. The smallest absolute Gasteiger partial charge is 0.123 e. The van der Waals surface area contributed by atoms with Gasteiger partial charge in [-0.1, -0.05) is 30.0 Å². The Hall–Kier alpha value is -2.11. The lowest BCUT2D eigenvalue weighted by molar-refractivity contribution is 0.248. The summed E-state index contributed by atoms with van der Waals surface area (Å²) in [6, 6.07) is 15.9. The van der Waals surface area contributed by atoms with Gasteiger partial charge in [0.15, 0.2) is 0 Å². The van der Waals surface area contributed by atoms with E-state index in [9.17, 15) is 0 Å². The van der Waals surface area contributed by atoms with Crippen LogP contribution >= 0.6 is 11.6 Å². The Balaban J connectivity index is 1.61. The van der Waals surface area contributed by atoms with Crippen molar-refractivity contribution in [2.75, 3.05) is 19.1 Å². The third-order valence-electron chi connectivity index (χ3n) is 3.40. The molecule has 0 saturated carbocycles. The maximum atomic E-state index is 5.85. The van der Waals surface area contributed by atoms with Gasteiger partial charge in [-0.05, 0) is 30.3 Å². The Morgan fingerprint density at radius 2 is 1.95 bits per heavy atom. The van der Waals surface area contributed by atoms with E-state index in [0.717, 1.165) is 17.1 Å². The molecule has 0 aliphatic carbocycles. The summed E-state index contributed by atoms with van der Waals surface area (Å²) < 4.78 is 11.5. The number of hydrogen-bond acceptors (Lipinski definition) is 2. The largest absolute Gasteiger partial charge is 0.493 e. The zero-order chi connectivity index (χ0) is 14.5. The molecular weight excluding hydrogens is 284 g/mol. The Labute approximate surface area is 129 Å². The average Bonchev–Trinajstić information content (AvgIpc) is 2.95. The first-order valence-electron chi connectivity index (χ1n) is 6.86. The molecule has 106 valence electrons. The van der Waals surface area contributed by atoms with Gasteiger partial charge in [-0.3, -0.25) is 0 Å². The number of halogens is 1. The lowest BCUT2D eigenvalue weighted by atomic mass is 10.0. The summed E-state index contributed by atoms with van der Waals surface area (Å²) in [4.78, 5) is 0. The van der Waals surface area contributed by atoms with Crippen molar-refractivity contribution in [3.05, 3.63) is 59.7 Å². The van der Waals surface area contributed by atoms with E-state index in [1.165, 1.54) is 5.56 Å². The zero-order valence-corrected chi connectivity index (χ0v) is 12.3. The van der Waals surface area contributed by atoms with Crippen molar-refractivity contribution in [2.45, 2.75) is 5.92 Å². The summed E-state index contributed by atoms with van der Waals surface area (Å²) in [5.41, 5.74) is 2.17. The van der Waals surface area contributed by atoms with E-state index in [1.54, 1.807) is 0 Å². The van der Waals surface area contributed by atoms with Crippen LogP contribution in [0.15, 0.2) is 48.5 Å². The molecule has 0 spiro atoms. The van der Waals surface area contributed by atoms with Gasteiger partial charge in [-0.15, -0.1) is 11.6 Å². The second kappa shape index (κ2) is 6.56. The van der Waals surface area contributed by atoms with Gasteiger partial charge < -0.3 is 9.47 Å². The maximum absolute atomic E-state index is 5.85. The molecule has 3 rings (SSSR count). The Morgan fingerprint density at radius 3 is 2.76 bits per heavy atom. The van der Waals surface area contributed by atoms with Crippen LogP contribution in [0.2, 0.25) is 0 Å². The van der Waals surface area contributed by atoms with Gasteiger partial charge >= 0.3 is 0 Å². The van der Waals surface area contributed by atoms with Crippen LogP contribution in [-0.4, -0.2) is 19.1 Å². The maximum Gasteiger partial charge on any atom is 0.123 e. The SMILES string of the molecule is ClCC#Cc1ccc(OCC2COc3ccccc32)cc1. The van der Waals surface area contributed by atoms with Crippen LogP contribution in [0.1, 0.15) is 17.0 Å². The molecule has 0 saturated heterocycles. The quantitative estimate of drug-likeness (QED) is 0.633. The van der Waals surface area contributed by atoms with Crippen LogP contribution in [0.5, 0.6) is 11.5 Å². The van der Waals surface area contributed by atoms with E-state index in [4.69, 9.17) is 21.1 Å². The number of ether oxygens (including phenoxy) is 2. The monoisotopic (exact) mass is 298 g/mol. The average molecular weight is 299 g/mol. The molecule has 3 heteroatoms. The van der Waals surface area contributed by atoms with Gasteiger partial charge in [-0.25, -0.2) is 0 Å². The minimum atomic E-state index is 0.289. The molecule has 2 nitrogen and oxygen atoms in total. The molecule has 1 aliphatic rings. The van der Waals surface area contributed by atoms with E-state index in [-0.39, 0.29) is 5.92 Å². The number of alkyl halides is 1. The normalized spacial score (nSPS) is 15.6. The minimum Gasteiger partial charge on any atom is -0.493 e. The van der Waals surface area contributed by atoms with Gasteiger partial charge in [-0.2, -0.15) is 0 Å². The lowest BCUT2D eigenvalue weighted by Gasteiger charge is -2.11. The highest BCUT2D eigenvalue weighted by molar-refractivity contribution is 6.19. The van der Waals surface area contributed by atoms with E-state index in [1.807, 2.05) is 42.5 Å². The molecule has 0 N–H and O–H groups in total. The van der Waals surface area contributed by atoms with E-state index in [0.29, 0.717) is 19.1 Å². The molecule has 1 aliphatic heterocycles. The fourth-order valence-electron chi connectivity index (χ4n) is 2.33. The van der Waals surface area contributed by atoms with E-state index >= 15 is 0 Å². The van der Waals surface area contributed by atoms with Crippen LogP contribution < -0.4 is 9.47 Å². The fourth-order valence-corrected chi connectivity index (χ4v) is 2.40. The van der Waals surface area contributed by atoms with Crippen molar-refractivity contribution < 1.29 is 9.47 Å². The molecule has 0 fully saturated rings. The molecule has 0 radical (unpaired) electrons. The topological polar surface area (TPSA) is 18.5 Å². The number of fused-ring (bicyclic) bond motifs is 1. The Morgan fingerprint density at radius 1 is 1.14 bits per heavy atom. The van der Waals surface area contributed by atoms with Gasteiger partial charge in [0, 0.05) is 11.1 Å². The third kappa shape index (κ3) is 3.32. The Bertz CT molecular complexity index is 668. The van der Waals surface area contributed by atoms with Crippen molar-refractivity contribution >= 4 is 11.6 Å². The second-order valence-electron chi connectivity index (χ2n) is 4.82. The number of hydrogen-bond donors (Lipinski definition) is 0. The van der Waals surface area contributed by atoms with Crippen LogP contribution in [0, 0.1) is 11.8 Å². The molecule has 1 atom stereocenters. The first kappa shape index (κ1) is 13.9. The van der Waals surface area contributed by atoms with E-state index < -0.39 is 0 Å². The van der Waals surface area contributed by atoms with Gasteiger partial charge in [0.05, 0.1) is 25.0 Å². The number of para-hydroxylation sites is 1. The minimum absolute atomic E-state index is 0.289. The standard InChI is InChI=1S/C18H15ClO2/c19-11-3-4-14-7-9-16(10-8-14)20-12-15-13-21-18-6-2-1-5-17(15)18/h1-2,5-10,15H,11-13H2. The number of benzene rings is 2. The highest BCUT2D eigenvalue weighted by Gasteiger charge is 2.23. The lowest BCUT2D eigenvalue weighted by Crippen LogP contribution is -2.11. The van der Waals surface area contributed by atoms with Gasteiger partial charge in [0.2, 0.25) is 0 Å². The van der Waals surface area contributed by atoms with Gasteiger partial charge in [0.1, 0.15) is 11.5 Å². The first-order chi connectivity index (χ1) is 10.4. The molecule has 0 aromatic heterocycles. The van der Waals surface area contributed by atoms with Gasteiger partial charge in [0.25, 0.3) is 0 Å². The van der Waals surface area contributed by atoms with Crippen molar-refractivity contribution in [2.24, 2.45) is 0 Å². The fraction of sp³-hybridized carbons (Fsp3) is 0.222. The van der Waals surface area contributed by atoms with Crippen LogP contribution in [0.3, 0.4) is 0 Å². The van der Waals surface area contributed by atoms with Crippen molar-refractivity contribution in [1.29, 1.82) is 0 Å². The summed E-state index contributed by atoms with van der Waals surface area (Å²) in [6.45, 7) is 1.29. The van der Waals surface area contributed by atoms with Crippen molar-refractivity contribution in [3.63, 3.8) is 0 Å². The molecule has 1 heterocycles.